The van der Waals surface area contributed by atoms with E-state index in [9.17, 15) is 4.79 Å². The van der Waals surface area contributed by atoms with E-state index >= 15 is 0 Å². The molecule has 0 radical (unpaired) electrons. The first-order valence-corrected chi connectivity index (χ1v) is 6.68. The van der Waals surface area contributed by atoms with Crippen LogP contribution in [0, 0.1) is 0 Å². The monoisotopic (exact) mass is 283 g/mol. The number of ether oxygens (including phenoxy) is 1. The van der Waals surface area contributed by atoms with Gasteiger partial charge < -0.3 is 20.2 Å². The summed E-state index contributed by atoms with van der Waals surface area (Å²) in [5.74, 6) is 0.862. The van der Waals surface area contributed by atoms with Crippen molar-refractivity contribution < 1.29 is 9.15 Å². The third-order valence-electron chi connectivity index (χ3n) is 3.91. The fraction of sp³-hybridized carbons (Fsp3) is 0.200. The maximum absolute atomic E-state index is 12.3. The molecule has 3 N–H and O–H groups in total. The highest BCUT2D eigenvalue weighted by atomic mass is 16.5. The molecule has 3 heterocycles. The number of fused-ring (bicyclic) bond motifs is 3. The number of benzene rings is 1. The third kappa shape index (κ3) is 1.62. The lowest BCUT2D eigenvalue weighted by atomic mass is 9.89. The van der Waals surface area contributed by atoms with Crippen LogP contribution in [0.15, 0.2) is 49.9 Å². The maximum atomic E-state index is 12.3. The standard InChI is InChI=1S/C15H13N3O3/c1-7-10-12(21-14-11(7)13(16)17-6-18-14)8-4-2-3-5-9(8)20-15(10)19/h2-7,13H,16H2,1H3,(H,17,18). The molecule has 1 aromatic carbocycles. The van der Waals surface area contributed by atoms with Crippen molar-refractivity contribution in [3.63, 3.8) is 0 Å². The molecule has 6 nitrogen and oxygen atoms in total. The molecule has 0 fully saturated rings. The van der Waals surface area contributed by atoms with E-state index in [1.165, 1.54) is 6.34 Å². The van der Waals surface area contributed by atoms with Crippen LogP contribution in [0.1, 0.15) is 18.4 Å². The van der Waals surface area contributed by atoms with Crippen LogP contribution in [0.5, 0.6) is 5.75 Å². The Labute approximate surface area is 119 Å². The maximum Gasteiger partial charge on any atom is 0.343 e. The Morgan fingerprint density at radius 3 is 3.00 bits per heavy atom. The molecule has 2 unspecified atom stereocenters. The Balaban J connectivity index is 2.01. The zero-order valence-corrected chi connectivity index (χ0v) is 11.3. The number of hydrogen-bond acceptors (Lipinski definition) is 6. The lowest BCUT2D eigenvalue weighted by Gasteiger charge is -2.31. The van der Waals surface area contributed by atoms with E-state index < -0.39 is 11.8 Å². The third-order valence-corrected chi connectivity index (χ3v) is 3.91. The van der Waals surface area contributed by atoms with Gasteiger partial charge in [-0.15, -0.1) is 0 Å². The SMILES string of the molecule is CC1C2=C(NC=NC2N)Oc2c1c(=O)oc1ccccc21. The van der Waals surface area contributed by atoms with Crippen LogP contribution in [0.2, 0.25) is 0 Å². The molecular formula is C15H13N3O3. The van der Waals surface area contributed by atoms with Crippen molar-refractivity contribution in [1.29, 1.82) is 0 Å². The van der Waals surface area contributed by atoms with Crippen LogP contribution in [0.4, 0.5) is 0 Å². The lowest BCUT2D eigenvalue weighted by molar-refractivity contribution is 0.355. The molecule has 0 aliphatic carbocycles. The first-order chi connectivity index (χ1) is 10.2. The number of rotatable bonds is 0. The zero-order valence-electron chi connectivity index (χ0n) is 11.3. The van der Waals surface area contributed by atoms with Crippen molar-refractivity contribution in [2.75, 3.05) is 0 Å². The number of nitrogens with two attached hydrogens (primary N) is 1. The van der Waals surface area contributed by atoms with Gasteiger partial charge in [0.05, 0.1) is 17.3 Å². The van der Waals surface area contributed by atoms with Gasteiger partial charge in [0.25, 0.3) is 0 Å². The number of nitrogens with one attached hydrogen (secondary N) is 1. The Morgan fingerprint density at radius 1 is 1.33 bits per heavy atom. The summed E-state index contributed by atoms with van der Waals surface area (Å²) in [6, 6.07) is 7.31. The van der Waals surface area contributed by atoms with Gasteiger partial charge in [0, 0.05) is 11.5 Å². The molecule has 1 aromatic heterocycles. The second kappa shape index (κ2) is 4.20. The first kappa shape index (κ1) is 12.2. The van der Waals surface area contributed by atoms with Crippen LogP contribution in [0.3, 0.4) is 0 Å². The minimum absolute atomic E-state index is 0.218. The highest BCUT2D eigenvalue weighted by Gasteiger charge is 2.35. The van der Waals surface area contributed by atoms with E-state index in [0.717, 1.165) is 11.0 Å². The Kier molecular flexibility index (Phi) is 2.43. The Hall–Kier alpha value is -2.60. The van der Waals surface area contributed by atoms with Crippen LogP contribution in [-0.4, -0.2) is 12.5 Å². The minimum Gasteiger partial charge on any atom is -0.440 e. The van der Waals surface area contributed by atoms with Gasteiger partial charge >= 0.3 is 5.63 Å². The summed E-state index contributed by atoms with van der Waals surface area (Å²) >= 11 is 0. The van der Waals surface area contributed by atoms with E-state index in [2.05, 4.69) is 10.3 Å². The summed E-state index contributed by atoms with van der Waals surface area (Å²) in [7, 11) is 0. The Morgan fingerprint density at radius 2 is 2.14 bits per heavy atom. The molecule has 0 saturated heterocycles. The van der Waals surface area contributed by atoms with Gasteiger partial charge in [-0.05, 0) is 12.1 Å². The lowest BCUT2D eigenvalue weighted by Crippen LogP contribution is -2.38. The summed E-state index contributed by atoms with van der Waals surface area (Å²) in [5.41, 5.74) is 7.34. The fourth-order valence-corrected chi connectivity index (χ4v) is 2.89. The summed E-state index contributed by atoms with van der Waals surface area (Å²) < 4.78 is 11.3. The summed E-state index contributed by atoms with van der Waals surface area (Å²) in [5, 5.41) is 3.73. The van der Waals surface area contributed by atoms with Gasteiger partial charge in [0.15, 0.2) is 5.75 Å². The predicted octanol–water partition coefficient (Wildman–Crippen LogP) is 1.42. The highest BCUT2D eigenvalue weighted by molar-refractivity contribution is 5.85. The van der Waals surface area contributed by atoms with Gasteiger partial charge in [-0.1, -0.05) is 19.1 Å². The molecule has 106 valence electrons. The number of aliphatic imine (C=N–C) groups is 1. The van der Waals surface area contributed by atoms with Crippen LogP contribution in [-0.2, 0) is 0 Å². The summed E-state index contributed by atoms with van der Waals surface area (Å²) in [6.07, 6.45) is 0.990. The molecule has 2 aliphatic heterocycles. The topological polar surface area (TPSA) is 89.9 Å². The molecular weight excluding hydrogens is 270 g/mol. The first-order valence-electron chi connectivity index (χ1n) is 6.68. The summed E-state index contributed by atoms with van der Waals surface area (Å²) in [4.78, 5) is 16.4. The second-order valence-corrected chi connectivity index (χ2v) is 5.10. The molecule has 4 rings (SSSR count). The van der Waals surface area contributed by atoms with Crippen molar-refractivity contribution in [2.24, 2.45) is 10.7 Å². The molecule has 2 atom stereocenters. The molecule has 2 aromatic rings. The summed E-state index contributed by atoms with van der Waals surface area (Å²) in [6.45, 7) is 1.91. The van der Waals surface area contributed by atoms with Gasteiger partial charge in [-0.2, -0.15) is 0 Å². The fourth-order valence-electron chi connectivity index (χ4n) is 2.89. The van der Waals surface area contributed by atoms with Crippen molar-refractivity contribution in [1.82, 2.24) is 5.32 Å². The largest absolute Gasteiger partial charge is 0.440 e. The number of para-hydroxylation sites is 1. The predicted molar refractivity (Wildman–Crippen MR) is 78.2 cm³/mol. The smallest absolute Gasteiger partial charge is 0.343 e. The van der Waals surface area contributed by atoms with Gasteiger partial charge in [0.2, 0.25) is 5.88 Å². The van der Waals surface area contributed by atoms with Gasteiger partial charge in [-0.3, -0.25) is 4.99 Å². The zero-order chi connectivity index (χ0) is 14.6. The molecule has 0 saturated carbocycles. The van der Waals surface area contributed by atoms with Crippen molar-refractivity contribution in [3.8, 4) is 5.75 Å². The highest BCUT2D eigenvalue weighted by Crippen LogP contribution is 2.41. The van der Waals surface area contributed by atoms with Crippen LogP contribution >= 0.6 is 0 Å². The van der Waals surface area contributed by atoms with Crippen LogP contribution < -0.4 is 21.4 Å². The molecule has 0 bridgehead atoms. The van der Waals surface area contributed by atoms with E-state index in [1.54, 1.807) is 6.07 Å². The molecule has 0 spiro atoms. The minimum atomic E-state index is -0.518. The molecule has 0 amide bonds. The van der Waals surface area contributed by atoms with E-state index in [4.69, 9.17) is 14.9 Å². The average molecular weight is 283 g/mol. The number of hydrogen-bond donors (Lipinski definition) is 2. The van der Waals surface area contributed by atoms with Gasteiger partial charge in [0.1, 0.15) is 11.7 Å². The second-order valence-electron chi connectivity index (χ2n) is 5.10. The van der Waals surface area contributed by atoms with Crippen LogP contribution in [0.25, 0.3) is 11.0 Å². The van der Waals surface area contributed by atoms with E-state index in [-0.39, 0.29) is 5.92 Å². The number of nitrogens with zero attached hydrogens (tertiary/aromatic N) is 1. The quantitative estimate of drug-likeness (QED) is 0.714. The average Bonchev–Trinajstić information content (AvgIpc) is 2.47. The van der Waals surface area contributed by atoms with Crippen molar-refractivity contribution in [3.05, 3.63) is 51.7 Å². The van der Waals surface area contributed by atoms with Gasteiger partial charge in [-0.25, -0.2) is 4.79 Å². The Bertz CT molecular complexity index is 866. The molecule has 6 heteroatoms. The van der Waals surface area contributed by atoms with Crippen molar-refractivity contribution >= 4 is 17.3 Å². The molecule has 2 aliphatic rings. The normalized spacial score (nSPS) is 23.3. The van der Waals surface area contributed by atoms with E-state index in [0.29, 0.717) is 22.8 Å². The van der Waals surface area contributed by atoms with E-state index in [1.807, 2.05) is 25.1 Å². The molecule has 21 heavy (non-hydrogen) atoms. The van der Waals surface area contributed by atoms with Crippen molar-refractivity contribution in [2.45, 2.75) is 19.0 Å².